The van der Waals surface area contributed by atoms with Gasteiger partial charge in [0.25, 0.3) is 5.56 Å². The lowest BCUT2D eigenvalue weighted by Gasteiger charge is -2.43. The van der Waals surface area contributed by atoms with Gasteiger partial charge in [0.05, 0.1) is 34.8 Å². The van der Waals surface area contributed by atoms with Gasteiger partial charge in [0.1, 0.15) is 17.7 Å². The number of carbonyl (C=O) groups excluding carboxylic acids is 1. The second kappa shape index (κ2) is 8.61. The summed E-state index contributed by atoms with van der Waals surface area (Å²) in [6.45, 7) is 3.87. The average Bonchev–Trinajstić information content (AvgIpc) is 3.46. The van der Waals surface area contributed by atoms with Gasteiger partial charge in [-0.2, -0.15) is 0 Å². The van der Waals surface area contributed by atoms with Gasteiger partial charge in [-0.25, -0.2) is 14.4 Å². The smallest absolute Gasteiger partial charge is 0.302 e. The zero-order chi connectivity index (χ0) is 25.9. The van der Waals surface area contributed by atoms with E-state index >= 15 is 0 Å². The van der Waals surface area contributed by atoms with E-state index in [1.54, 1.807) is 20.0 Å². The second-order valence-corrected chi connectivity index (χ2v) is 10.3. The summed E-state index contributed by atoms with van der Waals surface area (Å²) in [7, 11) is 1.69. The van der Waals surface area contributed by atoms with Crippen molar-refractivity contribution in [1.82, 2.24) is 24.1 Å². The van der Waals surface area contributed by atoms with Crippen LogP contribution in [0.5, 0.6) is 0 Å². The maximum Gasteiger partial charge on any atom is 0.302 e. The molecule has 37 heavy (non-hydrogen) atoms. The number of aryl methyl sites for hydroxylation is 2. The Kier molecular flexibility index (Phi) is 5.47. The molecule has 0 saturated heterocycles. The summed E-state index contributed by atoms with van der Waals surface area (Å²) in [6.07, 6.45) is 6.17. The van der Waals surface area contributed by atoms with Gasteiger partial charge in [-0.3, -0.25) is 14.6 Å². The number of fused-ring (bicyclic) bond motifs is 3. The number of rotatable bonds is 3. The molecule has 4 heterocycles. The van der Waals surface area contributed by atoms with Crippen LogP contribution >= 0.6 is 0 Å². The highest BCUT2D eigenvalue weighted by molar-refractivity contribution is 5.83. The Bertz CT molecular complexity index is 1610. The normalized spacial score (nSPS) is 22.9. The average molecular weight is 502 g/mol. The van der Waals surface area contributed by atoms with Crippen LogP contribution in [0.2, 0.25) is 0 Å². The number of halogens is 1. The van der Waals surface area contributed by atoms with Crippen LogP contribution < -0.4 is 5.56 Å². The fourth-order valence-electron chi connectivity index (χ4n) is 6.29. The molecule has 0 N–H and O–H groups in total. The van der Waals surface area contributed by atoms with Crippen molar-refractivity contribution in [2.75, 3.05) is 0 Å². The Morgan fingerprint density at radius 3 is 2.81 bits per heavy atom. The minimum atomic E-state index is -0.336. The molecule has 1 unspecified atom stereocenters. The first-order chi connectivity index (χ1) is 17.8. The molecule has 1 aromatic carbocycles. The first kappa shape index (κ1) is 23.5. The van der Waals surface area contributed by atoms with Gasteiger partial charge in [-0.1, -0.05) is 6.07 Å². The van der Waals surface area contributed by atoms with E-state index in [2.05, 4.69) is 14.5 Å². The van der Waals surface area contributed by atoms with Crippen LogP contribution in [-0.4, -0.2) is 36.2 Å². The lowest BCUT2D eigenvalue weighted by Crippen LogP contribution is -2.41. The highest BCUT2D eigenvalue weighted by atomic mass is 19.1. The molecule has 0 radical (unpaired) electrons. The Morgan fingerprint density at radius 1 is 1.19 bits per heavy atom. The number of imidazole rings is 1. The van der Waals surface area contributed by atoms with Gasteiger partial charge in [-0.15, -0.1) is 0 Å². The SMILES string of the molecule is CC(=O)O[C@H]1CC[C@]2(CCn3c(-c4ccc5ncn(C)c(=O)c5c4)cnc32)C(c2ccc(F)c(C)n2)C1. The first-order valence-electron chi connectivity index (χ1n) is 12.6. The monoisotopic (exact) mass is 501 g/mol. The lowest BCUT2D eigenvalue weighted by molar-refractivity contribution is -0.148. The number of esters is 1. The zero-order valence-electron chi connectivity index (χ0n) is 21.1. The molecule has 4 aromatic rings. The summed E-state index contributed by atoms with van der Waals surface area (Å²) < 4.78 is 23.4. The van der Waals surface area contributed by atoms with E-state index in [9.17, 15) is 14.0 Å². The van der Waals surface area contributed by atoms with Gasteiger partial charge in [0.2, 0.25) is 0 Å². The van der Waals surface area contributed by atoms with Crippen molar-refractivity contribution in [2.45, 2.75) is 63.5 Å². The molecular weight excluding hydrogens is 473 g/mol. The topological polar surface area (TPSA) is 91.9 Å². The van der Waals surface area contributed by atoms with Crippen molar-refractivity contribution in [2.24, 2.45) is 7.05 Å². The maximum absolute atomic E-state index is 14.1. The number of nitrogens with zero attached hydrogens (tertiary/aromatic N) is 5. The molecule has 1 spiro atoms. The Labute approximate surface area is 213 Å². The summed E-state index contributed by atoms with van der Waals surface area (Å²) in [5.41, 5.74) is 3.28. The summed E-state index contributed by atoms with van der Waals surface area (Å²) in [5.74, 6) is 0.263. The lowest BCUT2D eigenvalue weighted by atomic mass is 9.63. The van der Waals surface area contributed by atoms with Crippen molar-refractivity contribution in [1.29, 1.82) is 0 Å². The van der Waals surface area contributed by atoms with Gasteiger partial charge < -0.3 is 13.9 Å². The van der Waals surface area contributed by atoms with Gasteiger partial charge in [0, 0.05) is 43.1 Å². The molecule has 1 aliphatic carbocycles. The molecule has 0 amide bonds. The number of carbonyl (C=O) groups is 1. The second-order valence-electron chi connectivity index (χ2n) is 10.3. The van der Waals surface area contributed by atoms with Crippen LogP contribution in [0.4, 0.5) is 4.39 Å². The van der Waals surface area contributed by atoms with Crippen molar-refractivity contribution >= 4 is 16.9 Å². The molecule has 8 nitrogen and oxygen atoms in total. The van der Waals surface area contributed by atoms with Gasteiger partial charge in [0.15, 0.2) is 0 Å². The molecule has 190 valence electrons. The Hall–Kier alpha value is -3.88. The third kappa shape index (κ3) is 3.75. The number of benzene rings is 1. The van der Waals surface area contributed by atoms with Crippen LogP contribution in [0.1, 0.15) is 55.7 Å². The van der Waals surface area contributed by atoms with Crippen molar-refractivity contribution in [3.8, 4) is 11.3 Å². The molecule has 3 atom stereocenters. The van der Waals surface area contributed by atoms with E-state index in [4.69, 9.17) is 9.72 Å². The molecular formula is C28H28FN5O3. The first-order valence-corrected chi connectivity index (χ1v) is 12.6. The van der Waals surface area contributed by atoms with E-state index in [-0.39, 0.29) is 34.8 Å². The predicted octanol–water partition coefficient (Wildman–Crippen LogP) is 4.18. The van der Waals surface area contributed by atoms with Crippen molar-refractivity contribution < 1.29 is 13.9 Å². The van der Waals surface area contributed by atoms with Crippen LogP contribution in [0.25, 0.3) is 22.2 Å². The fourth-order valence-corrected chi connectivity index (χ4v) is 6.29. The fraction of sp³-hybridized carbons (Fsp3) is 0.393. The van der Waals surface area contributed by atoms with Gasteiger partial charge in [-0.05, 0) is 56.9 Å². The van der Waals surface area contributed by atoms with E-state index in [0.29, 0.717) is 23.0 Å². The number of aromatic nitrogens is 5. The summed E-state index contributed by atoms with van der Waals surface area (Å²) in [5, 5.41) is 0.566. The van der Waals surface area contributed by atoms with Crippen molar-refractivity contribution in [3.05, 3.63) is 76.2 Å². The summed E-state index contributed by atoms with van der Waals surface area (Å²) in [4.78, 5) is 38.4. The molecule has 1 aliphatic heterocycles. The number of ether oxygens (including phenoxy) is 1. The molecule has 3 aromatic heterocycles. The molecule has 0 bridgehead atoms. The standard InChI is InChI=1S/C28H28FN5O3/c1-16-22(29)5-7-24(32-16)21-13-19(37-17(2)35)8-9-28(21)10-11-34-25(14-30-27(28)34)18-4-6-23-20(12-18)26(36)33(3)15-31-23/h4-7,12,14-15,19,21H,8-11,13H2,1-3H3/t19-,21?,28-/m0/s1. The van der Waals surface area contributed by atoms with Crippen LogP contribution in [0.15, 0.2) is 47.7 Å². The highest BCUT2D eigenvalue weighted by Gasteiger charge is 2.52. The van der Waals surface area contributed by atoms with Gasteiger partial charge >= 0.3 is 5.97 Å². The van der Waals surface area contributed by atoms with E-state index in [0.717, 1.165) is 48.6 Å². The molecule has 9 heteroatoms. The van der Waals surface area contributed by atoms with Crippen molar-refractivity contribution in [3.63, 3.8) is 0 Å². The third-order valence-electron chi connectivity index (χ3n) is 8.11. The Balaban J connectivity index is 1.44. The minimum absolute atomic E-state index is 0.0745. The number of pyridine rings is 1. The van der Waals surface area contributed by atoms with Crippen LogP contribution in [0, 0.1) is 12.7 Å². The summed E-state index contributed by atoms with van der Waals surface area (Å²) >= 11 is 0. The number of hydrogen-bond acceptors (Lipinski definition) is 6. The third-order valence-corrected chi connectivity index (χ3v) is 8.11. The largest absolute Gasteiger partial charge is 0.463 e. The quantitative estimate of drug-likeness (QED) is 0.391. The zero-order valence-corrected chi connectivity index (χ0v) is 21.1. The van der Waals surface area contributed by atoms with Crippen LogP contribution in [-0.2, 0) is 28.5 Å². The minimum Gasteiger partial charge on any atom is -0.463 e. The van der Waals surface area contributed by atoms with Crippen LogP contribution in [0.3, 0.4) is 0 Å². The van der Waals surface area contributed by atoms with E-state index in [1.807, 2.05) is 24.4 Å². The van der Waals surface area contributed by atoms with E-state index in [1.165, 1.54) is 23.9 Å². The predicted molar refractivity (Wildman–Crippen MR) is 136 cm³/mol. The molecule has 1 saturated carbocycles. The van der Waals surface area contributed by atoms with E-state index < -0.39 is 0 Å². The highest BCUT2D eigenvalue weighted by Crippen LogP contribution is 2.54. The maximum atomic E-state index is 14.1. The number of hydrogen-bond donors (Lipinski definition) is 0. The molecule has 1 fully saturated rings. The summed E-state index contributed by atoms with van der Waals surface area (Å²) in [6, 6.07) is 8.96. The molecule has 6 rings (SSSR count). The Morgan fingerprint density at radius 2 is 2.03 bits per heavy atom. The molecule has 2 aliphatic rings.